The van der Waals surface area contributed by atoms with Crippen molar-refractivity contribution in [2.75, 3.05) is 13.2 Å². The summed E-state index contributed by atoms with van der Waals surface area (Å²) in [6.07, 6.45) is 2.06. The quantitative estimate of drug-likeness (QED) is 0.561. The summed E-state index contributed by atoms with van der Waals surface area (Å²) in [7, 11) is 0. The fraction of sp³-hybridized carbons (Fsp3) is 1.00. The monoisotopic (exact) mass is 144 g/mol. The normalized spacial score (nSPS) is 36.6. The molecule has 0 radical (unpaired) electrons. The van der Waals surface area contributed by atoms with Crippen LogP contribution in [0.3, 0.4) is 0 Å². The molecule has 0 aromatic heterocycles. The minimum Gasteiger partial charge on any atom is -0.393 e. The van der Waals surface area contributed by atoms with Crippen molar-refractivity contribution in [2.45, 2.75) is 31.2 Å². The number of hydrogen-bond donors (Lipinski definition) is 1. The van der Waals surface area contributed by atoms with E-state index in [4.69, 9.17) is 9.47 Å². The predicted molar refractivity (Wildman–Crippen MR) is 34.7 cm³/mol. The maximum absolute atomic E-state index is 9.31. The summed E-state index contributed by atoms with van der Waals surface area (Å²) in [5.41, 5.74) is 0. The number of aliphatic hydroxyl groups excluding tert-OH is 1. The molecule has 0 unspecified atom stereocenters. The maximum atomic E-state index is 9.31. The van der Waals surface area contributed by atoms with Crippen LogP contribution in [0.4, 0.5) is 0 Å². The minimum atomic E-state index is -0.208. The van der Waals surface area contributed by atoms with Crippen LogP contribution >= 0.6 is 0 Å². The van der Waals surface area contributed by atoms with Gasteiger partial charge in [0.05, 0.1) is 31.5 Å². The average Bonchev–Trinajstić information content (AvgIpc) is 2.59. The zero-order chi connectivity index (χ0) is 6.97. The summed E-state index contributed by atoms with van der Waals surface area (Å²) in [4.78, 5) is 0. The van der Waals surface area contributed by atoms with Crippen molar-refractivity contribution in [1.82, 2.24) is 0 Å². The fourth-order valence-corrected chi connectivity index (χ4v) is 1.11. The van der Waals surface area contributed by atoms with Gasteiger partial charge in [-0.2, -0.15) is 0 Å². The zero-order valence-corrected chi connectivity index (χ0v) is 5.82. The Hall–Kier alpha value is -0.120. The van der Waals surface area contributed by atoms with Crippen molar-refractivity contribution in [3.63, 3.8) is 0 Å². The Morgan fingerprint density at radius 2 is 1.60 bits per heavy atom. The Balaban J connectivity index is 1.60. The van der Waals surface area contributed by atoms with Gasteiger partial charge < -0.3 is 14.6 Å². The van der Waals surface area contributed by atoms with Crippen LogP contribution in [0.5, 0.6) is 0 Å². The lowest BCUT2D eigenvalue weighted by Gasteiger charge is -2.04. The van der Waals surface area contributed by atoms with Gasteiger partial charge >= 0.3 is 0 Å². The molecule has 0 aromatic carbocycles. The van der Waals surface area contributed by atoms with Gasteiger partial charge in [0, 0.05) is 12.8 Å². The summed E-state index contributed by atoms with van der Waals surface area (Å²) in [6, 6.07) is 0. The van der Waals surface area contributed by atoms with Gasteiger partial charge in [0.1, 0.15) is 0 Å². The van der Waals surface area contributed by atoms with Crippen LogP contribution in [-0.4, -0.2) is 36.6 Å². The number of rotatable bonds is 4. The first kappa shape index (κ1) is 6.58. The molecular weight excluding hydrogens is 132 g/mol. The molecule has 0 spiro atoms. The molecule has 2 saturated heterocycles. The lowest BCUT2D eigenvalue weighted by molar-refractivity contribution is 0.132. The predicted octanol–water partition coefficient (Wildman–Crippen LogP) is -0.0749. The Kier molecular flexibility index (Phi) is 1.64. The molecular formula is C7H12O3. The zero-order valence-electron chi connectivity index (χ0n) is 5.82. The second kappa shape index (κ2) is 2.49. The second-order valence-electron chi connectivity index (χ2n) is 3.04. The SMILES string of the molecule is OC(C[C@H]1CO1)C[C@H]1CO1. The van der Waals surface area contributed by atoms with E-state index in [1.807, 2.05) is 0 Å². The van der Waals surface area contributed by atoms with Crippen LogP contribution in [-0.2, 0) is 9.47 Å². The molecule has 2 heterocycles. The van der Waals surface area contributed by atoms with E-state index < -0.39 is 0 Å². The molecule has 3 heteroatoms. The van der Waals surface area contributed by atoms with Crippen LogP contribution in [0.15, 0.2) is 0 Å². The Labute approximate surface area is 59.9 Å². The molecule has 2 aliphatic rings. The second-order valence-corrected chi connectivity index (χ2v) is 3.04. The van der Waals surface area contributed by atoms with Gasteiger partial charge in [-0.1, -0.05) is 0 Å². The van der Waals surface area contributed by atoms with Crippen LogP contribution in [0.2, 0.25) is 0 Å². The number of epoxide rings is 2. The van der Waals surface area contributed by atoms with E-state index >= 15 is 0 Å². The average molecular weight is 144 g/mol. The highest BCUT2D eigenvalue weighted by molar-refractivity contribution is 4.79. The summed E-state index contributed by atoms with van der Waals surface area (Å²) in [5.74, 6) is 0. The summed E-state index contributed by atoms with van der Waals surface area (Å²) in [6.45, 7) is 1.67. The van der Waals surface area contributed by atoms with Crippen molar-refractivity contribution in [1.29, 1.82) is 0 Å². The van der Waals surface area contributed by atoms with Crippen LogP contribution < -0.4 is 0 Å². The molecule has 58 valence electrons. The lowest BCUT2D eigenvalue weighted by atomic mass is 10.1. The molecule has 0 bridgehead atoms. The smallest absolute Gasteiger partial charge is 0.0834 e. The molecule has 10 heavy (non-hydrogen) atoms. The van der Waals surface area contributed by atoms with Crippen LogP contribution in [0, 0.1) is 0 Å². The minimum absolute atomic E-state index is 0.208. The van der Waals surface area contributed by atoms with E-state index in [9.17, 15) is 5.11 Å². The first-order chi connectivity index (χ1) is 4.84. The molecule has 2 atom stereocenters. The van der Waals surface area contributed by atoms with Crippen molar-refractivity contribution in [2.24, 2.45) is 0 Å². The molecule has 0 amide bonds. The topological polar surface area (TPSA) is 45.3 Å². The van der Waals surface area contributed by atoms with Gasteiger partial charge in [0.25, 0.3) is 0 Å². The molecule has 0 saturated carbocycles. The molecule has 3 nitrogen and oxygen atoms in total. The fourth-order valence-electron chi connectivity index (χ4n) is 1.11. The van der Waals surface area contributed by atoms with Crippen molar-refractivity contribution in [3.05, 3.63) is 0 Å². The van der Waals surface area contributed by atoms with Gasteiger partial charge in [-0.25, -0.2) is 0 Å². The van der Waals surface area contributed by atoms with Gasteiger partial charge in [-0.05, 0) is 0 Å². The van der Waals surface area contributed by atoms with E-state index in [1.165, 1.54) is 0 Å². The molecule has 0 aromatic rings. The first-order valence-corrected chi connectivity index (χ1v) is 3.76. The molecule has 2 fully saturated rings. The third-order valence-corrected chi connectivity index (χ3v) is 1.87. The third kappa shape index (κ3) is 1.94. The maximum Gasteiger partial charge on any atom is 0.0834 e. The number of hydrogen-bond acceptors (Lipinski definition) is 3. The van der Waals surface area contributed by atoms with Gasteiger partial charge in [-0.15, -0.1) is 0 Å². The van der Waals surface area contributed by atoms with E-state index in [0.29, 0.717) is 12.2 Å². The Morgan fingerprint density at radius 3 is 1.90 bits per heavy atom. The summed E-state index contributed by atoms with van der Waals surface area (Å²) < 4.78 is 9.96. The molecule has 2 aliphatic heterocycles. The highest BCUT2D eigenvalue weighted by Gasteiger charge is 2.30. The van der Waals surface area contributed by atoms with Crippen molar-refractivity contribution < 1.29 is 14.6 Å². The summed E-state index contributed by atoms with van der Waals surface area (Å²) >= 11 is 0. The Morgan fingerprint density at radius 1 is 1.20 bits per heavy atom. The number of aliphatic hydroxyl groups is 1. The number of ether oxygens (including phenoxy) is 2. The molecule has 2 rings (SSSR count). The standard InChI is InChI=1S/C7H12O3/c8-5(1-6-3-9-6)2-7-4-10-7/h5-8H,1-4H2/t6-,7-/m0/s1. The Bertz CT molecular complexity index is 104. The van der Waals surface area contributed by atoms with Gasteiger partial charge in [0.15, 0.2) is 0 Å². The first-order valence-electron chi connectivity index (χ1n) is 3.76. The summed E-state index contributed by atoms with van der Waals surface area (Å²) in [5, 5.41) is 9.31. The van der Waals surface area contributed by atoms with Crippen LogP contribution in [0.25, 0.3) is 0 Å². The highest BCUT2D eigenvalue weighted by atomic mass is 16.6. The van der Waals surface area contributed by atoms with E-state index in [0.717, 1.165) is 26.1 Å². The largest absolute Gasteiger partial charge is 0.393 e. The van der Waals surface area contributed by atoms with E-state index in [2.05, 4.69) is 0 Å². The van der Waals surface area contributed by atoms with E-state index in [1.54, 1.807) is 0 Å². The van der Waals surface area contributed by atoms with Gasteiger partial charge in [0.2, 0.25) is 0 Å². The third-order valence-electron chi connectivity index (χ3n) is 1.87. The van der Waals surface area contributed by atoms with Crippen LogP contribution in [0.1, 0.15) is 12.8 Å². The van der Waals surface area contributed by atoms with Gasteiger partial charge in [-0.3, -0.25) is 0 Å². The molecule has 1 N–H and O–H groups in total. The highest BCUT2D eigenvalue weighted by Crippen LogP contribution is 2.22. The lowest BCUT2D eigenvalue weighted by Crippen LogP contribution is -2.12. The van der Waals surface area contributed by atoms with Crippen molar-refractivity contribution in [3.8, 4) is 0 Å². The molecule has 0 aliphatic carbocycles. The van der Waals surface area contributed by atoms with E-state index in [-0.39, 0.29) is 6.10 Å². The van der Waals surface area contributed by atoms with Crippen molar-refractivity contribution >= 4 is 0 Å².